The molecule has 0 heterocycles. The molecule has 0 N–H and O–H groups in total. The molecule has 0 aliphatic heterocycles. The minimum Gasteiger partial charge on any atom is -0.432 e. The van der Waals surface area contributed by atoms with Gasteiger partial charge >= 0.3 is 6.48 Å². The summed E-state index contributed by atoms with van der Waals surface area (Å²) in [7, 11) is 0. The monoisotopic (exact) mass is 356 g/mol. The Morgan fingerprint density at radius 3 is 1.27 bits per heavy atom. The van der Waals surface area contributed by atoms with Crippen molar-refractivity contribution in [3.8, 4) is 11.5 Å². The van der Waals surface area contributed by atoms with E-state index in [9.17, 15) is 0 Å². The normalized spacial score (nSPS) is 12.3. The Morgan fingerprint density at radius 2 is 1.00 bits per heavy atom. The summed E-state index contributed by atoms with van der Waals surface area (Å²) in [6.45, 7) is 14.8. The van der Waals surface area contributed by atoms with Crippen molar-refractivity contribution in [3.63, 3.8) is 0 Å². The van der Waals surface area contributed by atoms with Crippen LogP contribution in [0.2, 0.25) is 0 Å². The van der Waals surface area contributed by atoms with E-state index in [0.717, 1.165) is 11.5 Å². The molecule has 0 amide bonds. The molecule has 2 rings (SSSR count). The molecule has 142 valence electrons. The van der Waals surface area contributed by atoms with Gasteiger partial charge in [-0.1, -0.05) is 65.8 Å². The maximum Gasteiger partial charge on any atom is 0.360 e. The molecule has 0 unspecified atom stereocenters. The first-order valence-electron chi connectivity index (χ1n) is 9.25. The van der Waals surface area contributed by atoms with E-state index in [1.165, 1.54) is 11.1 Å². The Bertz CT molecular complexity index is 614. The number of hydrogen-bond donors (Lipinski definition) is 0. The Morgan fingerprint density at radius 1 is 0.654 bits per heavy atom. The lowest BCUT2D eigenvalue weighted by molar-refractivity contribution is -0.196. The molecule has 0 aliphatic carbocycles. The van der Waals surface area contributed by atoms with Crippen molar-refractivity contribution in [2.75, 3.05) is 6.61 Å². The molecule has 0 aliphatic rings. The highest BCUT2D eigenvalue weighted by atomic mass is 16.8. The molecule has 0 fully saturated rings. The average Bonchev–Trinajstić information content (AvgIpc) is 2.54. The van der Waals surface area contributed by atoms with Crippen LogP contribution in [0.1, 0.15) is 59.6 Å². The summed E-state index contributed by atoms with van der Waals surface area (Å²) < 4.78 is 17.4. The summed E-state index contributed by atoms with van der Waals surface area (Å²) in [6.07, 6.45) is 0. The van der Waals surface area contributed by atoms with Crippen LogP contribution in [-0.4, -0.2) is 13.1 Å². The predicted molar refractivity (Wildman–Crippen MR) is 107 cm³/mol. The van der Waals surface area contributed by atoms with Gasteiger partial charge in [0.1, 0.15) is 11.5 Å². The van der Waals surface area contributed by atoms with E-state index in [4.69, 9.17) is 14.2 Å². The smallest absolute Gasteiger partial charge is 0.360 e. The van der Waals surface area contributed by atoms with Gasteiger partial charge in [0.25, 0.3) is 0 Å². The molecule has 3 heteroatoms. The third-order valence-electron chi connectivity index (χ3n) is 4.21. The van der Waals surface area contributed by atoms with Gasteiger partial charge < -0.3 is 14.2 Å². The van der Waals surface area contributed by atoms with Crippen molar-refractivity contribution < 1.29 is 14.2 Å². The molecule has 0 atom stereocenters. The molecule has 2 aromatic rings. The molecule has 26 heavy (non-hydrogen) atoms. The molecule has 2 aromatic carbocycles. The van der Waals surface area contributed by atoms with Crippen molar-refractivity contribution in [1.29, 1.82) is 0 Å². The van der Waals surface area contributed by atoms with Gasteiger partial charge in [-0.3, -0.25) is 0 Å². The minimum absolute atomic E-state index is 0.114. The van der Waals surface area contributed by atoms with E-state index in [-0.39, 0.29) is 10.8 Å². The number of rotatable bonds is 6. The van der Waals surface area contributed by atoms with Crippen LogP contribution in [0.5, 0.6) is 11.5 Å². The highest BCUT2D eigenvalue weighted by Gasteiger charge is 2.17. The van der Waals surface area contributed by atoms with Crippen molar-refractivity contribution in [3.05, 3.63) is 59.7 Å². The lowest BCUT2D eigenvalue weighted by Gasteiger charge is -2.23. The molecule has 0 spiro atoms. The summed E-state index contributed by atoms with van der Waals surface area (Å²) in [6, 6.07) is 16.1. The van der Waals surface area contributed by atoms with E-state index in [1.54, 1.807) is 0 Å². The molecular weight excluding hydrogens is 324 g/mol. The van der Waals surface area contributed by atoms with Gasteiger partial charge in [0.05, 0.1) is 6.61 Å². The summed E-state index contributed by atoms with van der Waals surface area (Å²) in [5, 5.41) is 0. The van der Waals surface area contributed by atoms with E-state index < -0.39 is 6.48 Å². The van der Waals surface area contributed by atoms with Crippen molar-refractivity contribution in [2.24, 2.45) is 0 Å². The van der Waals surface area contributed by atoms with Gasteiger partial charge in [0.2, 0.25) is 0 Å². The molecule has 0 aromatic heterocycles. The van der Waals surface area contributed by atoms with Gasteiger partial charge in [-0.05, 0) is 53.1 Å². The second-order valence-corrected chi connectivity index (χ2v) is 8.53. The quantitative estimate of drug-likeness (QED) is 0.589. The van der Waals surface area contributed by atoms with Crippen molar-refractivity contribution in [1.82, 2.24) is 0 Å². The lowest BCUT2D eigenvalue weighted by Crippen LogP contribution is -2.27. The predicted octanol–water partition coefficient (Wildman–Crippen LogP) is 6.06. The summed E-state index contributed by atoms with van der Waals surface area (Å²) in [5.41, 5.74) is 2.75. The Hall–Kier alpha value is -2.00. The van der Waals surface area contributed by atoms with E-state index in [1.807, 2.05) is 31.2 Å². The zero-order chi connectivity index (χ0) is 19.4. The molecule has 0 saturated heterocycles. The minimum atomic E-state index is -0.777. The van der Waals surface area contributed by atoms with Crippen LogP contribution in [0.25, 0.3) is 0 Å². The van der Waals surface area contributed by atoms with E-state index in [0.29, 0.717) is 6.61 Å². The van der Waals surface area contributed by atoms with Crippen LogP contribution in [0.15, 0.2) is 48.5 Å². The summed E-state index contributed by atoms with van der Waals surface area (Å²) in [4.78, 5) is 0. The SMILES string of the molecule is CCOC(Oc1ccc(C(C)(C)C)cc1)Oc1ccc(C(C)(C)C)cc1. The zero-order valence-electron chi connectivity index (χ0n) is 17.1. The summed E-state index contributed by atoms with van der Waals surface area (Å²) >= 11 is 0. The lowest BCUT2D eigenvalue weighted by atomic mass is 9.87. The molecule has 0 saturated carbocycles. The van der Waals surface area contributed by atoms with Crippen molar-refractivity contribution in [2.45, 2.75) is 65.8 Å². The maximum atomic E-state index is 5.88. The number of ether oxygens (including phenoxy) is 3. The van der Waals surface area contributed by atoms with Crippen LogP contribution in [0.4, 0.5) is 0 Å². The number of benzene rings is 2. The van der Waals surface area contributed by atoms with Gasteiger partial charge in [-0.25, -0.2) is 0 Å². The second kappa shape index (κ2) is 8.13. The maximum absolute atomic E-state index is 5.88. The first-order valence-corrected chi connectivity index (χ1v) is 9.25. The zero-order valence-corrected chi connectivity index (χ0v) is 17.1. The van der Waals surface area contributed by atoms with Crippen LogP contribution < -0.4 is 9.47 Å². The van der Waals surface area contributed by atoms with Crippen LogP contribution in [-0.2, 0) is 15.6 Å². The second-order valence-electron chi connectivity index (χ2n) is 8.53. The highest BCUT2D eigenvalue weighted by Crippen LogP contribution is 2.27. The van der Waals surface area contributed by atoms with Gasteiger partial charge in [0, 0.05) is 0 Å². The fourth-order valence-corrected chi connectivity index (χ4v) is 2.52. The van der Waals surface area contributed by atoms with Gasteiger partial charge in [0.15, 0.2) is 0 Å². The molecule has 0 radical (unpaired) electrons. The average molecular weight is 357 g/mol. The summed E-state index contributed by atoms with van der Waals surface area (Å²) in [5.74, 6) is 1.45. The molecule has 0 bridgehead atoms. The Labute approximate surface area is 158 Å². The highest BCUT2D eigenvalue weighted by molar-refractivity contribution is 5.32. The van der Waals surface area contributed by atoms with Crippen LogP contribution >= 0.6 is 0 Å². The largest absolute Gasteiger partial charge is 0.432 e. The van der Waals surface area contributed by atoms with Crippen LogP contribution in [0, 0.1) is 0 Å². The number of hydrogen-bond acceptors (Lipinski definition) is 3. The van der Waals surface area contributed by atoms with Gasteiger partial charge in [-0.15, -0.1) is 0 Å². The third kappa shape index (κ3) is 5.77. The first-order chi connectivity index (χ1) is 12.1. The van der Waals surface area contributed by atoms with Crippen molar-refractivity contribution >= 4 is 0 Å². The fraction of sp³-hybridized carbons (Fsp3) is 0.478. The van der Waals surface area contributed by atoms with Gasteiger partial charge in [-0.2, -0.15) is 0 Å². The Kier molecular flexibility index (Phi) is 6.35. The third-order valence-corrected chi connectivity index (χ3v) is 4.21. The first kappa shape index (κ1) is 20.3. The van der Waals surface area contributed by atoms with E-state index in [2.05, 4.69) is 65.8 Å². The molecule has 3 nitrogen and oxygen atoms in total. The Balaban J connectivity index is 2.06. The van der Waals surface area contributed by atoms with E-state index >= 15 is 0 Å². The topological polar surface area (TPSA) is 27.7 Å². The fourth-order valence-electron chi connectivity index (χ4n) is 2.52. The molecular formula is C23H32O3. The standard InChI is InChI=1S/C23H32O3/c1-8-24-21(25-19-13-9-17(10-14-19)22(2,3)4)26-20-15-11-18(12-16-20)23(5,6)7/h9-16,21H,8H2,1-7H3. The van der Waals surface area contributed by atoms with Crippen LogP contribution in [0.3, 0.4) is 0 Å².